The lowest BCUT2D eigenvalue weighted by molar-refractivity contribution is 0.264. The Hall–Kier alpha value is -1.67. The van der Waals surface area contributed by atoms with Crippen LogP contribution in [-0.2, 0) is 22.5 Å². The van der Waals surface area contributed by atoms with Gasteiger partial charge in [0, 0.05) is 13.2 Å². The molecule has 0 aliphatic carbocycles. The van der Waals surface area contributed by atoms with Crippen molar-refractivity contribution < 1.29 is 29.6 Å². The SMILES string of the molecule is C=C1/C=C\C=C(/C)CCOB(O)c2cc(c(CO)cc2CO)B(O)OCC1. The zero-order valence-electron chi connectivity index (χ0n) is 15.6. The highest BCUT2D eigenvalue weighted by atomic mass is 16.5. The van der Waals surface area contributed by atoms with Gasteiger partial charge in [0.1, 0.15) is 0 Å². The maximum atomic E-state index is 10.4. The standard InChI is InChI=1S/C19H26B2O6/c1-14-4-3-5-15(2)7-9-27-21(25)19-11-18(20(24)26-8-6-14)16(12-22)10-17(19)13-23/h3-5,10-11,22-25H,1,6-9,12-13H2,2H3/b4-3-,15-5+. The molecule has 4 N–H and O–H groups in total. The maximum absolute atomic E-state index is 10.4. The minimum Gasteiger partial charge on any atom is -0.423 e. The summed E-state index contributed by atoms with van der Waals surface area (Å²) in [4.78, 5) is 0. The largest absolute Gasteiger partial charge is 0.491 e. The summed E-state index contributed by atoms with van der Waals surface area (Å²) < 4.78 is 11.0. The van der Waals surface area contributed by atoms with Crippen molar-refractivity contribution in [2.75, 3.05) is 13.2 Å². The molecule has 0 saturated carbocycles. The van der Waals surface area contributed by atoms with E-state index in [1.165, 1.54) is 6.07 Å². The normalized spacial score (nSPS) is 20.3. The van der Waals surface area contributed by atoms with Crippen molar-refractivity contribution in [1.29, 1.82) is 0 Å². The van der Waals surface area contributed by atoms with E-state index in [9.17, 15) is 20.3 Å². The molecule has 2 bridgehead atoms. The van der Waals surface area contributed by atoms with Gasteiger partial charge in [0.25, 0.3) is 0 Å². The van der Waals surface area contributed by atoms with Crippen LogP contribution in [0.3, 0.4) is 0 Å². The number of benzene rings is 1. The van der Waals surface area contributed by atoms with Crippen molar-refractivity contribution in [3.63, 3.8) is 0 Å². The summed E-state index contributed by atoms with van der Waals surface area (Å²) in [6, 6.07) is 3.05. The molecular weight excluding hydrogens is 346 g/mol. The summed E-state index contributed by atoms with van der Waals surface area (Å²) in [7, 11) is -2.54. The predicted octanol–water partition coefficient (Wildman–Crippen LogP) is -0.0681. The van der Waals surface area contributed by atoms with Crippen LogP contribution in [0, 0.1) is 0 Å². The van der Waals surface area contributed by atoms with E-state index in [2.05, 4.69) is 6.58 Å². The number of hydrogen-bond acceptors (Lipinski definition) is 6. The summed E-state index contributed by atoms with van der Waals surface area (Å²) in [5.41, 5.74) is 3.46. The zero-order chi connectivity index (χ0) is 19.8. The van der Waals surface area contributed by atoms with E-state index in [-0.39, 0.29) is 19.8 Å². The molecule has 0 saturated heterocycles. The summed E-state index contributed by atoms with van der Waals surface area (Å²) in [5, 5.41) is 40.0. The number of fused-ring (bicyclic) bond motifs is 2. The van der Waals surface area contributed by atoms with Crippen molar-refractivity contribution in [2.24, 2.45) is 0 Å². The number of hydrogen-bond donors (Lipinski definition) is 4. The molecule has 0 aromatic heterocycles. The number of aliphatic hydroxyl groups excluding tert-OH is 2. The monoisotopic (exact) mass is 372 g/mol. The van der Waals surface area contributed by atoms with E-state index in [0.29, 0.717) is 41.5 Å². The van der Waals surface area contributed by atoms with Crippen LogP contribution in [0.1, 0.15) is 30.9 Å². The third kappa shape index (κ3) is 6.17. The molecule has 0 unspecified atom stereocenters. The van der Waals surface area contributed by atoms with Crippen molar-refractivity contribution >= 4 is 25.2 Å². The fourth-order valence-electron chi connectivity index (χ4n) is 2.79. The minimum absolute atomic E-state index is 0.244. The highest BCUT2D eigenvalue weighted by molar-refractivity contribution is 6.64. The molecule has 0 atom stereocenters. The Morgan fingerprint density at radius 2 is 1.52 bits per heavy atom. The van der Waals surface area contributed by atoms with Gasteiger partial charge in [-0.2, -0.15) is 0 Å². The van der Waals surface area contributed by atoms with Gasteiger partial charge < -0.3 is 29.6 Å². The van der Waals surface area contributed by atoms with Crippen LogP contribution in [0.5, 0.6) is 0 Å². The fourth-order valence-corrected chi connectivity index (χ4v) is 2.79. The zero-order valence-corrected chi connectivity index (χ0v) is 15.6. The lowest BCUT2D eigenvalue weighted by Crippen LogP contribution is -2.44. The molecule has 0 radical (unpaired) electrons. The highest BCUT2D eigenvalue weighted by Crippen LogP contribution is 2.09. The van der Waals surface area contributed by atoms with E-state index in [4.69, 9.17) is 9.31 Å². The van der Waals surface area contributed by atoms with Gasteiger partial charge >= 0.3 is 14.2 Å². The first-order valence-corrected chi connectivity index (χ1v) is 8.94. The summed E-state index contributed by atoms with van der Waals surface area (Å²) in [6.45, 7) is 5.80. The van der Waals surface area contributed by atoms with Crippen molar-refractivity contribution in [3.8, 4) is 0 Å². The Balaban J connectivity index is 2.36. The lowest BCUT2D eigenvalue weighted by atomic mass is 9.68. The molecule has 6 nitrogen and oxygen atoms in total. The van der Waals surface area contributed by atoms with E-state index in [0.717, 1.165) is 11.1 Å². The fraction of sp³-hybridized carbons (Fsp3) is 0.368. The van der Waals surface area contributed by atoms with E-state index < -0.39 is 14.2 Å². The minimum atomic E-state index is -1.28. The second kappa shape index (κ2) is 10.6. The first-order chi connectivity index (χ1) is 13.0. The molecule has 1 aliphatic rings. The highest BCUT2D eigenvalue weighted by Gasteiger charge is 2.27. The van der Waals surface area contributed by atoms with Crippen LogP contribution in [0.4, 0.5) is 0 Å². The van der Waals surface area contributed by atoms with Crippen LogP contribution in [-0.4, -0.2) is 47.7 Å². The van der Waals surface area contributed by atoms with E-state index in [1.54, 1.807) is 6.07 Å². The Kier molecular flexibility index (Phi) is 8.50. The van der Waals surface area contributed by atoms with Gasteiger partial charge in [-0.1, -0.05) is 48.1 Å². The van der Waals surface area contributed by atoms with Crippen LogP contribution >= 0.6 is 0 Å². The van der Waals surface area contributed by atoms with Crippen LogP contribution < -0.4 is 10.9 Å². The van der Waals surface area contributed by atoms with Gasteiger partial charge in [-0.15, -0.1) is 0 Å². The summed E-state index contributed by atoms with van der Waals surface area (Å²) in [6.07, 6.45) is 6.91. The first kappa shape index (κ1) is 21.6. The molecule has 1 heterocycles. The average molecular weight is 372 g/mol. The number of aliphatic hydroxyl groups is 2. The van der Waals surface area contributed by atoms with Gasteiger partial charge in [-0.3, -0.25) is 0 Å². The molecule has 0 amide bonds. The molecule has 144 valence electrons. The van der Waals surface area contributed by atoms with E-state index in [1.807, 2.05) is 25.2 Å². The van der Waals surface area contributed by atoms with Crippen molar-refractivity contribution in [1.82, 2.24) is 0 Å². The molecule has 8 heteroatoms. The molecule has 0 spiro atoms. The van der Waals surface area contributed by atoms with Gasteiger partial charge in [-0.05, 0) is 41.8 Å². The topological polar surface area (TPSA) is 99.4 Å². The quantitative estimate of drug-likeness (QED) is 0.543. The van der Waals surface area contributed by atoms with Crippen LogP contribution in [0.15, 0.2) is 48.1 Å². The number of rotatable bonds is 2. The Bertz CT molecular complexity index is 716. The van der Waals surface area contributed by atoms with Gasteiger partial charge in [0.2, 0.25) is 0 Å². The van der Waals surface area contributed by atoms with E-state index >= 15 is 0 Å². The third-order valence-electron chi connectivity index (χ3n) is 4.46. The number of allylic oxidation sites excluding steroid dienone is 3. The van der Waals surface area contributed by atoms with Crippen LogP contribution in [0.25, 0.3) is 0 Å². The second-order valence-corrected chi connectivity index (χ2v) is 6.54. The van der Waals surface area contributed by atoms with Crippen molar-refractivity contribution in [3.05, 3.63) is 59.2 Å². The Morgan fingerprint density at radius 3 is 2.07 bits per heavy atom. The van der Waals surface area contributed by atoms with Crippen LogP contribution in [0.2, 0.25) is 0 Å². The average Bonchev–Trinajstić information content (AvgIpc) is 2.65. The Morgan fingerprint density at radius 1 is 0.963 bits per heavy atom. The second-order valence-electron chi connectivity index (χ2n) is 6.54. The van der Waals surface area contributed by atoms with Gasteiger partial charge in [0.05, 0.1) is 13.2 Å². The Labute approximate surface area is 160 Å². The van der Waals surface area contributed by atoms with Gasteiger partial charge in [0.15, 0.2) is 0 Å². The maximum Gasteiger partial charge on any atom is 0.491 e. The third-order valence-corrected chi connectivity index (χ3v) is 4.46. The molecule has 1 aliphatic heterocycles. The lowest BCUT2D eigenvalue weighted by Gasteiger charge is -2.18. The predicted molar refractivity (Wildman–Crippen MR) is 107 cm³/mol. The first-order valence-electron chi connectivity index (χ1n) is 8.94. The molecule has 1 aromatic rings. The van der Waals surface area contributed by atoms with Crippen molar-refractivity contribution in [2.45, 2.75) is 33.0 Å². The smallest absolute Gasteiger partial charge is 0.423 e. The van der Waals surface area contributed by atoms with Gasteiger partial charge in [-0.25, -0.2) is 0 Å². The molecule has 0 fully saturated rings. The molecule has 1 aromatic carbocycles. The summed E-state index contributed by atoms with van der Waals surface area (Å²) >= 11 is 0. The molecular formula is C19H26B2O6. The molecule has 27 heavy (non-hydrogen) atoms. The molecule has 2 rings (SSSR count). The summed E-state index contributed by atoms with van der Waals surface area (Å²) in [5.74, 6) is 0.